The van der Waals surface area contributed by atoms with Crippen molar-refractivity contribution in [2.45, 2.75) is 13.0 Å². The lowest BCUT2D eigenvalue weighted by Gasteiger charge is -2.32. The van der Waals surface area contributed by atoms with E-state index in [2.05, 4.69) is 9.89 Å². The zero-order valence-corrected chi connectivity index (χ0v) is 23.0. The SMILES string of the molecule is CC1=C(C(=O)O)C(c2ccc(Cl)cc2)n2c(s/c(=C\c3ccc(OCC(=O)N4CCN(C)CC4)cc3)c2=O)=N1. The van der Waals surface area contributed by atoms with Gasteiger partial charge in [0, 0.05) is 31.2 Å². The number of aliphatic carboxylic acids is 1. The van der Waals surface area contributed by atoms with E-state index in [0.717, 1.165) is 18.7 Å². The van der Waals surface area contributed by atoms with Crippen molar-refractivity contribution < 1.29 is 19.4 Å². The van der Waals surface area contributed by atoms with E-state index in [0.29, 0.717) is 44.5 Å². The average molecular weight is 567 g/mol. The molecule has 1 N–H and O–H groups in total. The number of likely N-dealkylation sites (N-methyl/N-ethyl adjacent to an activating group) is 1. The van der Waals surface area contributed by atoms with Gasteiger partial charge in [-0.1, -0.05) is 47.2 Å². The van der Waals surface area contributed by atoms with E-state index in [1.54, 1.807) is 61.5 Å². The summed E-state index contributed by atoms with van der Waals surface area (Å²) in [4.78, 5) is 47.0. The summed E-state index contributed by atoms with van der Waals surface area (Å²) in [5, 5.41) is 10.5. The number of rotatable bonds is 6. The van der Waals surface area contributed by atoms with Gasteiger partial charge in [-0.3, -0.25) is 14.2 Å². The van der Waals surface area contributed by atoms with E-state index < -0.39 is 12.0 Å². The van der Waals surface area contributed by atoms with Gasteiger partial charge >= 0.3 is 5.97 Å². The van der Waals surface area contributed by atoms with Crippen LogP contribution < -0.4 is 19.6 Å². The molecule has 3 aromatic rings. The standard InChI is InChI=1S/C28H27ClN4O5S/c1-17-24(27(36)37)25(19-5-7-20(29)8-6-19)33-26(35)22(39-28(33)30-17)15-18-3-9-21(10-4-18)38-16-23(34)32-13-11-31(2)12-14-32/h3-10,15,25H,11-14,16H2,1-2H3,(H,36,37)/b22-15-. The van der Waals surface area contributed by atoms with Crippen LogP contribution in [-0.2, 0) is 9.59 Å². The van der Waals surface area contributed by atoms with Crippen LogP contribution in [0.5, 0.6) is 5.75 Å². The number of hydrogen-bond donors (Lipinski definition) is 1. The Hall–Kier alpha value is -3.73. The molecular formula is C28H27ClN4O5S. The van der Waals surface area contributed by atoms with E-state index in [-0.39, 0.29) is 23.6 Å². The Kier molecular flexibility index (Phi) is 7.69. The summed E-state index contributed by atoms with van der Waals surface area (Å²) in [5.74, 6) is -0.618. The maximum Gasteiger partial charge on any atom is 0.335 e. The molecule has 2 aliphatic heterocycles. The largest absolute Gasteiger partial charge is 0.484 e. The van der Waals surface area contributed by atoms with Crippen LogP contribution in [0.2, 0.25) is 5.02 Å². The smallest absolute Gasteiger partial charge is 0.335 e. The van der Waals surface area contributed by atoms with Gasteiger partial charge in [-0.15, -0.1) is 0 Å². The summed E-state index contributed by atoms with van der Waals surface area (Å²) in [5.41, 5.74) is 1.46. The molecule has 5 rings (SSSR count). The van der Waals surface area contributed by atoms with Gasteiger partial charge in [0.15, 0.2) is 11.4 Å². The minimum Gasteiger partial charge on any atom is -0.484 e. The van der Waals surface area contributed by atoms with Crippen LogP contribution in [0, 0.1) is 0 Å². The first-order valence-electron chi connectivity index (χ1n) is 12.4. The Morgan fingerprint density at radius 2 is 1.77 bits per heavy atom. The van der Waals surface area contributed by atoms with Crippen LogP contribution >= 0.6 is 22.9 Å². The number of piperazine rings is 1. The summed E-state index contributed by atoms with van der Waals surface area (Å²) in [6.45, 7) is 4.70. The first-order valence-corrected chi connectivity index (χ1v) is 13.6. The van der Waals surface area contributed by atoms with Gasteiger partial charge in [0.1, 0.15) is 5.75 Å². The zero-order valence-electron chi connectivity index (χ0n) is 21.5. The topological polar surface area (TPSA) is 104 Å². The van der Waals surface area contributed by atoms with Gasteiger partial charge in [0.2, 0.25) is 0 Å². The van der Waals surface area contributed by atoms with Crippen molar-refractivity contribution in [3.63, 3.8) is 0 Å². The molecule has 0 spiro atoms. The lowest BCUT2D eigenvalue weighted by molar-refractivity contribution is -0.135. The third-order valence-corrected chi connectivity index (χ3v) is 8.07. The van der Waals surface area contributed by atoms with Gasteiger partial charge < -0.3 is 19.6 Å². The second-order valence-electron chi connectivity index (χ2n) is 9.48. The van der Waals surface area contributed by atoms with Crippen molar-refractivity contribution in [1.82, 2.24) is 14.4 Å². The number of carboxylic acids is 1. The molecular weight excluding hydrogens is 540 g/mol. The van der Waals surface area contributed by atoms with Gasteiger partial charge in [-0.2, -0.15) is 0 Å². The molecule has 1 atom stereocenters. The van der Waals surface area contributed by atoms with Gasteiger partial charge in [0.05, 0.1) is 21.8 Å². The number of aromatic nitrogens is 1. The molecule has 2 aromatic carbocycles. The molecule has 1 unspecified atom stereocenters. The predicted molar refractivity (Wildman–Crippen MR) is 149 cm³/mol. The van der Waals surface area contributed by atoms with Crippen LogP contribution in [0.15, 0.2) is 69.6 Å². The lowest BCUT2D eigenvalue weighted by atomic mass is 9.96. The molecule has 3 heterocycles. The van der Waals surface area contributed by atoms with Crippen molar-refractivity contribution in [3.05, 3.63) is 95.6 Å². The highest BCUT2D eigenvalue weighted by Gasteiger charge is 2.32. The first kappa shape index (κ1) is 26.9. The molecule has 1 saturated heterocycles. The number of hydrogen-bond acceptors (Lipinski definition) is 7. The molecule has 1 fully saturated rings. The molecule has 1 aromatic heterocycles. The Morgan fingerprint density at radius 1 is 1.10 bits per heavy atom. The van der Waals surface area contributed by atoms with Crippen molar-refractivity contribution in [3.8, 4) is 5.75 Å². The summed E-state index contributed by atoms with van der Waals surface area (Å²) in [6, 6.07) is 13.1. The number of thiazole rings is 1. The fourth-order valence-corrected chi connectivity index (χ4v) is 5.83. The number of halogens is 1. The predicted octanol–water partition coefficient (Wildman–Crippen LogP) is 2.13. The Bertz CT molecular complexity index is 1620. The van der Waals surface area contributed by atoms with Gasteiger partial charge in [-0.05, 0) is 55.4 Å². The monoisotopic (exact) mass is 566 g/mol. The minimum atomic E-state index is -1.13. The van der Waals surface area contributed by atoms with E-state index in [1.165, 1.54) is 15.9 Å². The van der Waals surface area contributed by atoms with Crippen LogP contribution in [-0.4, -0.2) is 71.2 Å². The first-order chi connectivity index (χ1) is 18.7. The Labute approximate surface area is 233 Å². The maximum atomic E-state index is 13.5. The normalized spacial score (nSPS) is 18.1. The van der Waals surface area contributed by atoms with Crippen molar-refractivity contribution in [2.24, 2.45) is 4.99 Å². The van der Waals surface area contributed by atoms with Crippen molar-refractivity contribution in [2.75, 3.05) is 39.8 Å². The number of carboxylic acid groups (broad SMARTS) is 1. The van der Waals surface area contributed by atoms with Crippen molar-refractivity contribution >= 4 is 40.9 Å². The Morgan fingerprint density at radius 3 is 2.41 bits per heavy atom. The molecule has 0 saturated carbocycles. The molecule has 0 aliphatic carbocycles. The van der Waals surface area contributed by atoms with E-state index in [9.17, 15) is 19.5 Å². The number of nitrogens with zero attached hydrogens (tertiary/aromatic N) is 4. The maximum absolute atomic E-state index is 13.5. The van der Waals surface area contributed by atoms with E-state index in [1.807, 2.05) is 11.9 Å². The van der Waals surface area contributed by atoms with Crippen LogP contribution in [0.25, 0.3) is 6.08 Å². The van der Waals surface area contributed by atoms with Crippen molar-refractivity contribution in [1.29, 1.82) is 0 Å². The number of allylic oxidation sites excluding steroid dienone is 1. The summed E-state index contributed by atoms with van der Waals surface area (Å²) >= 11 is 7.24. The highest BCUT2D eigenvalue weighted by atomic mass is 35.5. The van der Waals surface area contributed by atoms with Gasteiger partial charge in [-0.25, -0.2) is 9.79 Å². The zero-order chi connectivity index (χ0) is 27.7. The molecule has 202 valence electrons. The number of amides is 1. The molecule has 0 bridgehead atoms. The second kappa shape index (κ2) is 11.2. The van der Waals surface area contributed by atoms with Crippen LogP contribution in [0.4, 0.5) is 0 Å². The fourth-order valence-electron chi connectivity index (χ4n) is 4.66. The molecule has 2 aliphatic rings. The summed E-state index contributed by atoms with van der Waals surface area (Å²) in [7, 11) is 2.04. The fraction of sp³-hybridized carbons (Fsp3) is 0.286. The summed E-state index contributed by atoms with van der Waals surface area (Å²) < 4.78 is 7.54. The Balaban J connectivity index is 1.39. The highest BCUT2D eigenvalue weighted by molar-refractivity contribution is 7.07. The minimum absolute atomic E-state index is 0.0301. The van der Waals surface area contributed by atoms with E-state index in [4.69, 9.17) is 16.3 Å². The molecule has 1 amide bonds. The third kappa shape index (κ3) is 5.68. The number of carbonyl (C=O) groups is 2. The third-order valence-electron chi connectivity index (χ3n) is 6.83. The number of ether oxygens (including phenoxy) is 1. The second-order valence-corrected chi connectivity index (χ2v) is 10.9. The van der Waals surface area contributed by atoms with Gasteiger partial charge in [0.25, 0.3) is 11.5 Å². The molecule has 39 heavy (non-hydrogen) atoms. The number of benzene rings is 2. The van der Waals surface area contributed by atoms with Crippen LogP contribution in [0.3, 0.4) is 0 Å². The average Bonchev–Trinajstić information content (AvgIpc) is 3.22. The molecule has 11 heteroatoms. The highest BCUT2D eigenvalue weighted by Crippen LogP contribution is 2.30. The van der Waals surface area contributed by atoms with E-state index >= 15 is 0 Å². The molecule has 0 radical (unpaired) electrons. The quantitative estimate of drug-likeness (QED) is 0.490. The number of fused-ring (bicyclic) bond motifs is 1. The van der Waals surface area contributed by atoms with Crippen LogP contribution in [0.1, 0.15) is 24.1 Å². The molecule has 9 nitrogen and oxygen atoms in total. The summed E-state index contributed by atoms with van der Waals surface area (Å²) in [6.07, 6.45) is 1.74. The number of carbonyl (C=O) groups excluding carboxylic acids is 1. The lowest BCUT2D eigenvalue weighted by Crippen LogP contribution is -2.48.